The van der Waals surface area contributed by atoms with Gasteiger partial charge in [0.2, 0.25) is 0 Å². The Labute approximate surface area is 354 Å². The normalized spacial score (nSPS) is 20.6. The van der Waals surface area contributed by atoms with Crippen molar-refractivity contribution in [2.24, 2.45) is 21.9 Å². The number of amides is 1. The molecular weight excluding hydrogens is 765 g/mol. The lowest BCUT2D eigenvalue weighted by atomic mass is 9.71. The van der Waals surface area contributed by atoms with Gasteiger partial charge in [0, 0.05) is 24.4 Å². The van der Waals surface area contributed by atoms with Crippen LogP contribution in [0.2, 0.25) is 0 Å². The molecule has 2 atom stereocenters. The number of Topliss-reactive ketones (excluding diaryl/α,β-unsaturated/α-hetero) is 2. The van der Waals surface area contributed by atoms with E-state index in [1.54, 1.807) is 13.8 Å². The summed E-state index contributed by atoms with van der Waals surface area (Å²) in [7, 11) is 0. The number of ether oxygens (including phenoxy) is 2. The molecule has 2 aliphatic rings. The number of nitrogens with two attached hydrogens (primary N) is 1. The van der Waals surface area contributed by atoms with Crippen molar-refractivity contribution in [3.8, 4) is 0 Å². The zero-order valence-electron chi connectivity index (χ0n) is 36.6. The first-order valence-electron chi connectivity index (χ1n) is 19.9. The van der Waals surface area contributed by atoms with Gasteiger partial charge in [-0.15, -0.1) is 4.91 Å². The molecule has 12 nitrogen and oxygen atoms in total. The average molecular weight is 825 g/mol. The van der Waals surface area contributed by atoms with Crippen LogP contribution in [0.3, 0.4) is 0 Å². The highest BCUT2D eigenvalue weighted by atomic mass is 16.7. The third-order valence-corrected chi connectivity index (χ3v) is 10.1. The minimum absolute atomic E-state index is 0.218. The van der Waals surface area contributed by atoms with E-state index in [0.717, 1.165) is 33.4 Å². The number of nitroso groups, excluding NO2 is 1. The first kappa shape index (κ1) is 50.3. The van der Waals surface area contributed by atoms with Gasteiger partial charge in [0.25, 0.3) is 5.91 Å². The Hall–Kier alpha value is -5.88. The van der Waals surface area contributed by atoms with Crippen molar-refractivity contribution >= 4 is 35.4 Å². The lowest BCUT2D eigenvalue weighted by Gasteiger charge is -2.36. The lowest BCUT2D eigenvalue weighted by molar-refractivity contribution is -0.158. The SMILES string of the molecule is CC(C=CC=C(C)C=CC1=C(C)C(=O)C(OC(=O)CCC(=O)N=O)CC1(C)C)=CC=CC=C(C)C=CC=C(C)C=CC1=C(C)C(=O)C(OC(=O)CCC(=O)ON)CC1(C)C. The molecule has 0 aromatic rings. The molecule has 0 saturated heterocycles. The van der Waals surface area contributed by atoms with Crippen LogP contribution in [-0.2, 0) is 43.1 Å². The van der Waals surface area contributed by atoms with Crippen LogP contribution in [0.4, 0.5) is 0 Å². The largest absolute Gasteiger partial charge is 0.454 e. The summed E-state index contributed by atoms with van der Waals surface area (Å²) in [4.78, 5) is 87.1. The van der Waals surface area contributed by atoms with Gasteiger partial charge in [-0.05, 0) is 74.7 Å². The predicted octanol–water partition coefficient (Wildman–Crippen LogP) is 9.28. The second-order valence-electron chi connectivity index (χ2n) is 16.3. The Kier molecular flexibility index (Phi) is 19.8. The van der Waals surface area contributed by atoms with E-state index in [1.807, 2.05) is 140 Å². The van der Waals surface area contributed by atoms with Crippen LogP contribution in [0.25, 0.3) is 0 Å². The fraction of sp³-hybridized carbons (Fsp3) is 0.417. The highest BCUT2D eigenvalue weighted by Gasteiger charge is 2.41. The number of carbonyl (C=O) groups excluding carboxylic acids is 6. The van der Waals surface area contributed by atoms with Crippen LogP contribution in [0.5, 0.6) is 0 Å². The van der Waals surface area contributed by atoms with Crippen molar-refractivity contribution in [1.29, 1.82) is 0 Å². The Balaban J connectivity index is 1.97. The van der Waals surface area contributed by atoms with E-state index in [0.29, 0.717) is 24.0 Å². The lowest BCUT2D eigenvalue weighted by Crippen LogP contribution is -2.39. The molecule has 322 valence electrons. The zero-order chi connectivity index (χ0) is 45.2. The van der Waals surface area contributed by atoms with Gasteiger partial charge in [0.05, 0.1) is 19.3 Å². The van der Waals surface area contributed by atoms with E-state index in [9.17, 15) is 33.7 Å². The maximum absolute atomic E-state index is 13.1. The third kappa shape index (κ3) is 16.4. The molecule has 0 fully saturated rings. The second kappa shape index (κ2) is 23.6. The van der Waals surface area contributed by atoms with Crippen molar-refractivity contribution in [2.45, 2.75) is 120 Å². The van der Waals surface area contributed by atoms with E-state index >= 15 is 0 Å². The number of hydrogen-bond donors (Lipinski definition) is 1. The molecular formula is C48H60N2O10. The van der Waals surface area contributed by atoms with E-state index in [4.69, 9.17) is 15.4 Å². The van der Waals surface area contributed by atoms with Gasteiger partial charge in [-0.3, -0.25) is 28.8 Å². The molecule has 2 rings (SSSR count). The fourth-order valence-electron chi connectivity index (χ4n) is 6.71. The van der Waals surface area contributed by atoms with Crippen LogP contribution >= 0.6 is 0 Å². The summed E-state index contributed by atoms with van der Waals surface area (Å²) in [5.74, 6) is 1.24. The van der Waals surface area contributed by atoms with Crippen LogP contribution in [0, 0.1) is 15.7 Å². The monoisotopic (exact) mass is 824 g/mol. The molecule has 60 heavy (non-hydrogen) atoms. The van der Waals surface area contributed by atoms with E-state index < -0.39 is 46.9 Å². The Morgan fingerprint density at radius 2 is 0.950 bits per heavy atom. The van der Waals surface area contributed by atoms with Crippen molar-refractivity contribution in [3.63, 3.8) is 0 Å². The minimum atomic E-state index is -0.952. The molecule has 2 N–H and O–H groups in total. The first-order chi connectivity index (χ1) is 28.1. The summed E-state index contributed by atoms with van der Waals surface area (Å²) < 4.78 is 10.8. The van der Waals surface area contributed by atoms with Gasteiger partial charge in [-0.2, -0.15) is 5.90 Å². The van der Waals surface area contributed by atoms with E-state index in [2.05, 4.69) is 10.0 Å². The molecule has 2 aliphatic carbocycles. The molecule has 1 amide bonds. The molecule has 0 bridgehead atoms. The predicted molar refractivity (Wildman–Crippen MR) is 232 cm³/mol. The summed E-state index contributed by atoms with van der Waals surface area (Å²) in [5.41, 5.74) is 5.96. The minimum Gasteiger partial charge on any atom is -0.454 e. The molecule has 0 aromatic carbocycles. The summed E-state index contributed by atoms with van der Waals surface area (Å²) in [5, 5.41) is 2.27. The fourth-order valence-corrected chi connectivity index (χ4v) is 6.71. The highest BCUT2D eigenvalue weighted by molar-refractivity contribution is 6.02. The third-order valence-electron chi connectivity index (χ3n) is 10.1. The van der Waals surface area contributed by atoms with Gasteiger partial charge < -0.3 is 14.3 Å². The second-order valence-corrected chi connectivity index (χ2v) is 16.3. The van der Waals surface area contributed by atoms with Crippen molar-refractivity contribution < 1.29 is 43.1 Å². The van der Waals surface area contributed by atoms with Crippen LogP contribution in [-0.4, -0.2) is 47.6 Å². The number of ketones is 2. The van der Waals surface area contributed by atoms with Gasteiger partial charge in [-0.25, -0.2) is 0 Å². The number of rotatable bonds is 18. The van der Waals surface area contributed by atoms with Gasteiger partial charge in [-0.1, -0.05) is 135 Å². The van der Waals surface area contributed by atoms with Crippen LogP contribution < -0.4 is 5.90 Å². The first-order valence-corrected chi connectivity index (χ1v) is 19.9. The molecule has 12 heteroatoms. The molecule has 0 radical (unpaired) electrons. The van der Waals surface area contributed by atoms with Crippen LogP contribution in [0.1, 0.15) is 108 Å². The smallest absolute Gasteiger partial charge is 0.325 e. The average Bonchev–Trinajstić information content (AvgIpc) is 3.18. The standard InChI is InChI=1S/C48H60N2O10/c1-31(17-13-19-33(3)21-23-37-35(5)45(55)39(29-47(37,7)8)58-42(52)26-25-41(51)50-57)15-11-12-16-32(2)18-14-20-34(4)22-24-38-36(6)46(56)40(30-48(38,9)10)59-43(53)27-28-44(54)60-49/h11-24,39-40H,25-30,49H2,1-10H3. The molecule has 0 aliphatic heterocycles. The maximum atomic E-state index is 13.1. The number of carbonyl (C=O) groups is 6. The molecule has 0 spiro atoms. The number of hydrogen-bond acceptors (Lipinski definition) is 11. The van der Waals surface area contributed by atoms with Crippen molar-refractivity contribution in [1.82, 2.24) is 0 Å². The summed E-state index contributed by atoms with van der Waals surface area (Å²) in [6.07, 6.45) is 25.2. The number of esters is 2. The highest BCUT2D eigenvalue weighted by Crippen LogP contribution is 2.42. The topological polar surface area (TPSA) is 186 Å². The van der Waals surface area contributed by atoms with Crippen molar-refractivity contribution in [2.75, 3.05) is 0 Å². The molecule has 0 heterocycles. The van der Waals surface area contributed by atoms with E-state index in [-0.39, 0.29) is 37.2 Å². The van der Waals surface area contributed by atoms with Gasteiger partial charge in [0.15, 0.2) is 23.8 Å². The van der Waals surface area contributed by atoms with Gasteiger partial charge in [0.1, 0.15) is 0 Å². The molecule has 0 aromatic heterocycles. The maximum Gasteiger partial charge on any atom is 0.325 e. The Morgan fingerprint density at radius 1 is 0.600 bits per heavy atom. The summed E-state index contributed by atoms with van der Waals surface area (Å²) >= 11 is 0. The molecule has 2 unspecified atom stereocenters. The summed E-state index contributed by atoms with van der Waals surface area (Å²) in [6.45, 7) is 19.4. The Morgan fingerprint density at radius 3 is 1.33 bits per heavy atom. The van der Waals surface area contributed by atoms with E-state index in [1.165, 1.54) is 0 Å². The zero-order valence-corrected chi connectivity index (χ0v) is 36.6. The number of nitrogens with zero attached hydrogens (tertiary/aromatic N) is 1. The number of allylic oxidation sites excluding steroid dienone is 20. The molecule has 0 saturated carbocycles. The van der Waals surface area contributed by atoms with Crippen molar-refractivity contribution in [3.05, 3.63) is 135 Å². The Bertz CT molecular complexity index is 2040. The van der Waals surface area contributed by atoms with Crippen LogP contribution in [0.15, 0.2) is 135 Å². The quantitative estimate of drug-likeness (QED) is 0.0601. The van der Waals surface area contributed by atoms with Gasteiger partial charge >= 0.3 is 17.9 Å². The summed E-state index contributed by atoms with van der Waals surface area (Å²) in [6, 6.07) is 0.